The minimum atomic E-state index is -0.580. The Hall–Kier alpha value is -3.57. The first kappa shape index (κ1) is 17.5. The third-order valence-electron chi connectivity index (χ3n) is 5.50. The van der Waals surface area contributed by atoms with Gasteiger partial charge in [0, 0.05) is 44.5 Å². The Kier molecular flexibility index (Phi) is 4.30. The monoisotopic (exact) mass is 383 g/mol. The number of oxime groups is 1. The van der Waals surface area contributed by atoms with Gasteiger partial charge in [0.2, 0.25) is 0 Å². The van der Waals surface area contributed by atoms with Gasteiger partial charge in [-0.15, -0.1) is 0 Å². The van der Waals surface area contributed by atoms with Gasteiger partial charge in [-0.1, -0.05) is 59.8 Å². The molecular formula is C24H21N3O2. The Morgan fingerprint density at radius 1 is 0.759 bits per heavy atom. The van der Waals surface area contributed by atoms with Crippen molar-refractivity contribution >= 4 is 38.9 Å². The highest BCUT2D eigenvalue weighted by Crippen LogP contribution is 2.29. The summed E-state index contributed by atoms with van der Waals surface area (Å²) in [5, 5.41) is 26.5. The Balaban J connectivity index is 1.52. The van der Waals surface area contributed by atoms with Gasteiger partial charge in [-0.2, -0.15) is 0 Å². The zero-order chi connectivity index (χ0) is 19.8. The predicted molar refractivity (Wildman–Crippen MR) is 117 cm³/mol. The third-order valence-corrected chi connectivity index (χ3v) is 5.50. The molecule has 0 saturated heterocycles. The lowest BCUT2D eigenvalue weighted by Crippen LogP contribution is -2.21. The molecule has 2 N–H and O–H groups in total. The number of hydrogen-bond acceptors (Lipinski definition) is 3. The number of aromatic nitrogens is 2. The molecule has 3 aromatic carbocycles. The number of benzene rings is 3. The van der Waals surface area contributed by atoms with E-state index in [9.17, 15) is 5.11 Å². The number of para-hydroxylation sites is 3. The molecule has 5 nitrogen and oxygen atoms in total. The SMILES string of the molecule is O/N=C\c1cn(CC(O)Cn2c3ccccc3c3ccccc32)c2ccccc12. The normalized spacial score (nSPS) is 13.1. The number of hydrogen-bond donors (Lipinski definition) is 2. The molecule has 144 valence electrons. The van der Waals surface area contributed by atoms with Crippen LogP contribution >= 0.6 is 0 Å². The van der Waals surface area contributed by atoms with Gasteiger partial charge < -0.3 is 19.4 Å². The van der Waals surface area contributed by atoms with E-state index >= 15 is 0 Å². The van der Waals surface area contributed by atoms with E-state index in [2.05, 4.69) is 34.0 Å². The first-order chi connectivity index (χ1) is 14.3. The van der Waals surface area contributed by atoms with E-state index in [0.29, 0.717) is 13.1 Å². The van der Waals surface area contributed by atoms with Crippen molar-refractivity contribution in [3.05, 3.63) is 84.6 Å². The van der Waals surface area contributed by atoms with Gasteiger partial charge in [-0.25, -0.2) is 0 Å². The molecule has 0 radical (unpaired) electrons. The Morgan fingerprint density at radius 3 is 1.93 bits per heavy atom. The second-order valence-electron chi connectivity index (χ2n) is 7.30. The van der Waals surface area contributed by atoms with E-state index < -0.39 is 6.10 Å². The number of fused-ring (bicyclic) bond motifs is 4. The molecule has 5 rings (SSSR count). The van der Waals surface area contributed by atoms with Crippen molar-refractivity contribution in [3.8, 4) is 0 Å². The molecule has 0 bridgehead atoms. The minimum Gasteiger partial charge on any atom is -0.411 e. The topological polar surface area (TPSA) is 62.7 Å². The van der Waals surface area contributed by atoms with Crippen molar-refractivity contribution in [2.24, 2.45) is 5.16 Å². The van der Waals surface area contributed by atoms with Crippen molar-refractivity contribution < 1.29 is 10.3 Å². The average Bonchev–Trinajstić information content (AvgIpc) is 3.25. The summed E-state index contributed by atoms with van der Waals surface area (Å²) in [6.45, 7) is 0.935. The van der Waals surface area contributed by atoms with Crippen molar-refractivity contribution in [1.82, 2.24) is 9.13 Å². The highest BCUT2D eigenvalue weighted by atomic mass is 16.4. The summed E-state index contributed by atoms with van der Waals surface area (Å²) in [5.74, 6) is 0. The molecule has 2 aromatic heterocycles. The lowest BCUT2D eigenvalue weighted by molar-refractivity contribution is 0.138. The van der Waals surface area contributed by atoms with Gasteiger partial charge in [-0.05, 0) is 18.2 Å². The van der Waals surface area contributed by atoms with Crippen LogP contribution in [0.3, 0.4) is 0 Å². The quantitative estimate of drug-likeness (QED) is 0.264. The Morgan fingerprint density at radius 2 is 1.31 bits per heavy atom. The maximum Gasteiger partial charge on any atom is 0.0897 e. The van der Waals surface area contributed by atoms with Crippen LogP contribution in [0.25, 0.3) is 32.7 Å². The second kappa shape index (κ2) is 7.11. The molecule has 1 unspecified atom stereocenters. The van der Waals surface area contributed by atoms with Crippen LogP contribution < -0.4 is 0 Å². The molecular weight excluding hydrogens is 362 g/mol. The Labute approximate surface area is 167 Å². The fraction of sp³-hybridized carbons (Fsp3) is 0.125. The average molecular weight is 383 g/mol. The number of aliphatic hydroxyl groups excluding tert-OH is 1. The van der Waals surface area contributed by atoms with E-state index in [0.717, 1.165) is 27.5 Å². The fourth-order valence-corrected chi connectivity index (χ4v) is 4.29. The van der Waals surface area contributed by atoms with E-state index in [4.69, 9.17) is 5.21 Å². The zero-order valence-electron chi connectivity index (χ0n) is 15.8. The van der Waals surface area contributed by atoms with Gasteiger partial charge in [0.05, 0.1) is 25.4 Å². The molecule has 0 fully saturated rings. The highest BCUT2D eigenvalue weighted by molar-refractivity contribution is 6.08. The number of aliphatic hydroxyl groups is 1. The predicted octanol–water partition coefficient (Wildman–Crippen LogP) is 4.62. The maximum atomic E-state index is 11.0. The highest BCUT2D eigenvalue weighted by Gasteiger charge is 2.15. The van der Waals surface area contributed by atoms with Crippen molar-refractivity contribution in [2.75, 3.05) is 0 Å². The Bertz CT molecular complexity index is 1290. The first-order valence-corrected chi connectivity index (χ1v) is 9.65. The molecule has 0 amide bonds. The largest absolute Gasteiger partial charge is 0.411 e. The summed E-state index contributed by atoms with van der Waals surface area (Å²) in [6.07, 6.45) is 2.77. The van der Waals surface area contributed by atoms with E-state index in [1.54, 1.807) is 0 Å². The molecule has 29 heavy (non-hydrogen) atoms. The maximum absolute atomic E-state index is 11.0. The van der Waals surface area contributed by atoms with E-state index in [-0.39, 0.29) is 0 Å². The molecule has 0 aliphatic heterocycles. The summed E-state index contributed by atoms with van der Waals surface area (Å²) in [4.78, 5) is 0. The van der Waals surface area contributed by atoms with Crippen LogP contribution in [0.4, 0.5) is 0 Å². The summed E-state index contributed by atoms with van der Waals surface area (Å²) in [5.41, 5.74) is 4.08. The number of nitrogens with zero attached hydrogens (tertiary/aromatic N) is 3. The molecule has 0 aliphatic rings. The van der Waals surface area contributed by atoms with Gasteiger partial charge in [0.25, 0.3) is 0 Å². The standard InChI is InChI=1S/C24H21N3O2/c28-18(15-26-14-17(13-25-29)19-7-1-4-10-22(19)26)16-27-23-11-5-2-8-20(23)21-9-3-6-12-24(21)27/h1-14,18,28-29H,15-16H2/b25-13-. The van der Waals surface area contributed by atoms with Crippen LogP contribution in [-0.2, 0) is 13.1 Å². The lowest BCUT2D eigenvalue weighted by Gasteiger charge is -2.15. The second-order valence-corrected chi connectivity index (χ2v) is 7.30. The third kappa shape index (κ3) is 2.96. The molecule has 2 heterocycles. The number of rotatable bonds is 5. The summed E-state index contributed by atoms with van der Waals surface area (Å²) in [6, 6.07) is 24.5. The first-order valence-electron chi connectivity index (χ1n) is 9.65. The smallest absolute Gasteiger partial charge is 0.0897 e. The van der Waals surface area contributed by atoms with E-state index in [1.807, 2.05) is 59.3 Å². The van der Waals surface area contributed by atoms with Gasteiger partial charge in [0.1, 0.15) is 0 Å². The van der Waals surface area contributed by atoms with Crippen molar-refractivity contribution in [2.45, 2.75) is 19.2 Å². The molecule has 5 aromatic rings. The summed E-state index contributed by atoms with van der Waals surface area (Å²) >= 11 is 0. The van der Waals surface area contributed by atoms with Gasteiger partial charge >= 0.3 is 0 Å². The minimum absolute atomic E-state index is 0.445. The molecule has 0 spiro atoms. The van der Waals surface area contributed by atoms with Gasteiger partial charge in [0.15, 0.2) is 0 Å². The van der Waals surface area contributed by atoms with E-state index in [1.165, 1.54) is 17.0 Å². The van der Waals surface area contributed by atoms with Gasteiger partial charge in [-0.3, -0.25) is 0 Å². The van der Waals surface area contributed by atoms with Crippen LogP contribution in [0.2, 0.25) is 0 Å². The lowest BCUT2D eigenvalue weighted by atomic mass is 10.2. The molecule has 5 heteroatoms. The molecule has 0 saturated carbocycles. The zero-order valence-corrected chi connectivity index (χ0v) is 15.8. The molecule has 1 atom stereocenters. The molecule has 0 aliphatic carbocycles. The summed E-state index contributed by atoms with van der Waals surface area (Å²) in [7, 11) is 0. The van der Waals surface area contributed by atoms with Crippen molar-refractivity contribution in [3.63, 3.8) is 0 Å². The van der Waals surface area contributed by atoms with Crippen molar-refractivity contribution in [1.29, 1.82) is 0 Å². The van der Waals surface area contributed by atoms with Crippen LogP contribution in [0.1, 0.15) is 5.56 Å². The van der Waals surface area contributed by atoms with Crippen LogP contribution in [0.15, 0.2) is 84.1 Å². The van der Waals surface area contributed by atoms with Crippen LogP contribution in [0, 0.1) is 0 Å². The fourth-order valence-electron chi connectivity index (χ4n) is 4.29. The summed E-state index contributed by atoms with van der Waals surface area (Å²) < 4.78 is 4.21. The van der Waals surface area contributed by atoms with Crippen LogP contribution in [0.5, 0.6) is 0 Å². The van der Waals surface area contributed by atoms with Crippen LogP contribution in [-0.4, -0.2) is 31.8 Å².